The molecule has 0 N–H and O–H groups in total. The average molecular weight is 279 g/mol. The first kappa shape index (κ1) is 12.5. The maximum atomic E-state index is 12.5. The molecule has 0 atom stereocenters. The van der Waals surface area contributed by atoms with Crippen molar-refractivity contribution in [3.05, 3.63) is 59.3 Å². The minimum absolute atomic E-state index is 0.268. The monoisotopic (exact) mass is 279 g/mol. The molecule has 0 bridgehead atoms. The number of aromatic nitrogens is 3. The normalized spacial score (nSPS) is 11.9. The quantitative estimate of drug-likeness (QED) is 0.508. The van der Waals surface area contributed by atoms with Crippen molar-refractivity contribution in [1.29, 1.82) is 0 Å². The lowest BCUT2D eigenvalue weighted by atomic mass is 10.2. The molecule has 4 nitrogen and oxygen atoms in total. The highest BCUT2D eigenvalue weighted by Crippen LogP contribution is 2.29. The predicted octanol–water partition coefficient (Wildman–Crippen LogP) is 2.68. The summed E-state index contributed by atoms with van der Waals surface area (Å²) in [6, 6.07) is 10.9. The minimum atomic E-state index is -4.40. The summed E-state index contributed by atoms with van der Waals surface area (Å²) in [6.45, 7) is 0. The Balaban J connectivity index is 2.09. The fraction of sp³-hybridized carbons (Fsp3) is 0.0769. The molecule has 0 saturated carbocycles. The van der Waals surface area contributed by atoms with Gasteiger partial charge in [0, 0.05) is 0 Å². The first-order chi connectivity index (χ1) is 9.47. The number of fused-ring (bicyclic) bond motifs is 1. The topological polar surface area (TPSA) is 44.8 Å². The van der Waals surface area contributed by atoms with Crippen LogP contribution in [0.15, 0.2) is 48.5 Å². The van der Waals surface area contributed by atoms with Crippen molar-refractivity contribution in [2.45, 2.75) is 6.18 Å². The van der Waals surface area contributed by atoms with Gasteiger partial charge in [0.1, 0.15) is 5.69 Å². The molecule has 0 spiro atoms. The van der Waals surface area contributed by atoms with Gasteiger partial charge in [0.25, 0.3) is 0 Å². The lowest BCUT2D eigenvalue weighted by Crippen LogP contribution is -2.37. The number of nitrogens with zero attached hydrogens (tertiary/aromatic N) is 3. The molecular weight excluding hydrogens is 271 g/mol. The largest absolute Gasteiger partial charge is 0.692 e. The van der Waals surface area contributed by atoms with Crippen LogP contribution in [0.4, 0.5) is 13.2 Å². The third-order valence-electron chi connectivity index (χ3n) is 2.89. The summed E-state index contributed by atoms with van der Waals surface area (Å²) >= 11 is 0. The van der Waals surface area contributed by atoms with Crippen LogP contribution in [0.1, 0.15) is 5.56 Å². The Kier molecular flexibility index (Phi) is 2.63. The van der Waals surface area contributed by atoms with E-state index in [1.54, 1.807) is 24.3 Å². The maximum absolute atomic E-state index is 12.5. The molecular formula is C13H8F3N3O. The first-order valence-corrected chi connectivity index (χ1v) is 5.72. The molecule has 0 radical (unpaired) electrons. The van der Waals surface area contributed by atoms with E-state index in [-0.39, 0.29) is 5.69 Å². The summed E-state index contributed by atoms with van der Waals surface area (Å²) in [5.74, 6) is 0. The van der Waals surface area contributed by atoms with Crippen molar-refractivity contribution in [1.82, 2.24) is 9.90 Å². The van der Waals surface area contributed by atoms with Gasteiger partial charge in [-0.1, -0.05) is 12.1 Å². The maximum Gasteiger partial charge on any atom is 0.416 e. The summed E-state index contributed by atoms with van der Waals surface area (Å²) in [7, 11) is 0. The Bertz CT molecular complexity index is 763. The van der Waals surface area contributed by atoms with Crippen LogP contribution in [0.3, 0.4) is 0 Å². The highest BCUT2D eigenvalue weighted by atomic mass is 19.4. The van der Waals surface area contributed by atoms with Gasteiger partial charge in [-0.3, -0.25) is 0 Å². The lowest BCUT2D eigenvalue weighted by Gasteiger charge is -2.07. The molecule has 0 aliphatic heterocycles. The van der Waals surface area contributed by atoms with E-state index < -0.39 is 11.7 Å². The van der Waals surface area contributed by atoms with E-state index >= 15 is 0 Å². The molecule has 0 aliphatic rings. The third-order valence-corrected chi connectivity index (χ3v) is 2.89. The molecule has 3 rings (SSSR count). The molecule has 0 unspecified atom stereocenters. The van der Waals surface area contributed by atoms with Crippen molar-refractivity contribution < 1.29 is 18.0 Å². The Morgan fingerprint density at radius 1 is 1.00 bits per heavy atom. The second-order valence-corrected chi connectivity index (χ2v) is 4.20. The summed E-state index contributed by atoms with van der Waals surface area (Å²) in [5, 5.41) is 16.1. The number of hydrogen-bond donors (Lipinski definition) is 0. The molecule has 0 saturated heterocycles. The van der Waals surface area contributed by atoms with E-state index in [1.807, 2.05) is 0 Å². The standard InChI is InChI=1S/C13H8F3N3O/c14-13(15,16)9-5-7-10(8-6-9)18-17-11-3-1-2-4-12(11)19(18)20/h1-8H. The zero-order valence-electron chi connectivity index (χ0n) is 10.0. The molecule has 0 fully saturated rings. The van der Waals surface area contributed by atoms with E-state index in [2.05, 4.69) is 5.10 Å². The second-order valence-electron chi connectivity index (χ2n) is 4.20. The molecule has 1 heterocycles. The van der Waals surface area contributed by atoms with E-state index in [0.29, 0.717) is 15.9 Å². The van der Waals surface area contributed by atoms with E-state index in [0.717, 1.165) is 16.9 Å². The zero-order valence-corrected chi connectivity index (χ0v) is 10.0. The Morgan fingerprint density at radius 3 is 2.25 bits per heavy atom. The summed E-state index contributed by atoms with van der Waals surface area (Å²) < 4.78 is 37.4. The summed E-state index contributed by atoms with van der Waals surface area (Å²) in [5.41, 5.74) is 0.328. The number of alkyl halides is 3. The summed E-state index contributed by atoms with van der Waals surface area (Å²) in [4.78, 5) is 1.56. The fourth-order valence-electron chi connectivity index (χ4n) is 1.90. The van der Waals surface area contributed by atoms with Crippen LogP contribution in [-0.4, -0.2) is 9.90 Å². The van der Waals surface area contributed by atoms with Gasteiger partial charge in [0.2, 0.25) is 11.0 Å². The van der Waals surface area contributed by atoms with Gasteiger partial charge < -0.3 is 5.21 Å². The second kappa shape index (κ2) is 4.22. The Labute approximate surface area is 111 Å². The van der Waals surface area contributed by atoms with Crippen LogP contribution in [0, 0.1) is 5.21 Å². The van der Waals surface area contributed by atoms with Crippen molar-refractivity contribution in [2.24, 2.45) is 0 Å². The number of halogens is 3. The molecule has 20 heavy (non-hydrogen) atoms. The third kappa shape index (κ3) is 1.97. The van der Waals surface area contributed by atoms with Gasteiger partial charge >= 0.3 is 6.18 Å². The van der Waals surface area contributed by atoms with Gasteiger partial charge in [-0.25, -0.2) is 0 Å². The van der Waals surface area contributed by atoms with Crippen molar-refractivity contribution >= 4 is 11.0 Å². The van der Waals surface area contributed by atoms with Crippen LogP contribution in [0.25, 0.3) is 16.7 Å². The van der Waals surface area contributed by atoms with Gasteiger partial charge in [-0.15, -0.1) is 4.85 Å². The fourth-order valence-corrected chi connectivity index (χ4v) is 1.90. The molecule has 1 aromatic heterocycles. The number of para-hydroxylation sites is 1. The number of rotatable bonds is 1. The van der Waals surface area contributed by atoms with Crippen LogP contribution in [0.2, 0.25) is 0 Å². The molecule has 0 aliphatic carbocycles. The lowest BCUT2D eigenvalue weighted by molar-refractivity contribution is -0.664. The smallest absolute Gasteiger partial charge is 0.416 e. The van der Waals surface area contributed by atoms with Gasteiger partial charge in [0.05, 0.1) is 10.7 Å². The Morgan fingerprint density at radius 2 is 1.65 bits per heavy atom. The highest BCUT2D eigenvalue weighted by Gasteiger charge is 2.30. The van der Waals surface area contributed by atoms with Crippen molar-refractivity contribution in [3.63, 3.8) is 0 Å². The van der Waals surface area contributed by atoms with Gasteiger partial charge in [-0.05, 0) is 41.2 Å². The van der Waals surface area contributed by atoms with Crippen LogP contribution >= 0.6 is 0 Å². The molecule has 7 heteroatoms. The van der Waals surface area contributed by atoms with Crippen LogP contribution < -0.4 is 4.85 Å². The minimum Gasteiger partial charge on any atom is -0.692 e. The predicted molar refractivity (Wildman–Crippen MR) is 65.0 cm³/mol. The molecule has 3 aromatic rings. The molecule has 0 amide bonds. The Hall–Kier alpha value is -2.57. The SMILES string of the molecule is [O-][n+]1c2ccccc2nn1-c1ccc(C(F)(F)F)cc1. The summed E-state index contributed by atoms with van der Waals surface area (Å²) in [6.07, 6.45) is -4.40. The van der Waals surface area contributed by atoms with Crippen molar-refractivity contribution in [3.8, 4) is 5.69 Å². The number of benzene rings is 2. The van der Waals surface area contributed by atoms with E-state index in [1.165, 1.54) is 12.1 Å². The highest BCUT2D eigenvalue weighted by molar-refractivity contribution is 5.70. The molecule has 2 aromatic carbocycles. The van der Waals surface area contributed by atoms with Gasteiger partial charge in [-0.2, -0.15) is 13.2 Å². The number of hydrogen-bond acceptors (Lipinski definition) is 2. The first-order valence-electron chi connectivity index (χ1n) is 5.72. The van der Waals surface area contributed by atoms with E-state index in [9.17, 15) is 18.4 Å². The van der Waals surface area contributed by atoms with Crippen LogP contribution in [0.5, 0.6) is 0 Å². The average Bonchev–Trinajstić information content (AvgIpc) is 2.76. The van der Waals surface area contributed by atoms with Crippen molar-refractivity contribution in [2.75, 3.05) is 0 Å². The zero-order chi connectivity index (χ0) is 14.3. The molecule has 102 valence electrons. The van der Waals surface area contributed by atoms with Gasteiger partial charge in [0.15, 0.2) is 0 Å². The van der Waals surface area contributed by atoms with Crippen LogP contribution in [-0.2, 0) is 6.18 Å². The van der Waals surface area contributed by atoms with E-state index in [4.69, 9.17) is 0 Å².